The van der Waals surface area contributed by atoms with Crippen LogP contribution in [0.25, 0.3) is 0 Å². The molecule has 0 bridgehead atoms. The van der Waals surface area contributed by atoms with Gasteiger partial charge in [-0.1, -0.05) is 18.2 Å². The Labute approximate surface area is 122 Å². The number of benzene rings is 1. The van der Waals surface area contributed by atoms with E-state index in [0.717, 1.165) is 18.5 Å². The smallest absolute Gasteiger partial charge is 0.251 e. The van der Waals surface area contributed by atoms with Gasteiger partial charge < -0.3 is 4.90 Å². The summed E-state index contributed by atoms with van der Waals surface area (Å²) in [6, 6.07) is 7.87. The van der Waals surface area contributed by atoms with Crippen molar-refractivity contribution < 1.29 is 14.4 Å². The Morgan fingerprint density at radius 3 is 2.67 bits per heavy atom. The largest absolute Gasteiger partial charge is 0.312 e. The molecule has 0 spiro atoms. The Hall–Kier alpha value is -2.37. The molecule has 21 heavy (non-hydrogen) atoms. The van der Waals surface area contributed by atoms with E-state index in [9.17, 15) is 14.4 Å². The normalized spacial score (nSPS) is 18.2. The van der Waals surface area contributed by atoms with E-state index in [1.165, 1.54) is 5.56 Å². The number of nitrogens with one attached hydrogen (secondary N) is 2. The number of anilines is 1. The van der Waals surface area contributed by atoms with Crippen molar-refractivity contribution in [2.75, 3.05) is 11.4 Å². The van der Waals surface area contributed by atoms with Crippen molar-refractivity contribution in [3.63, 3.8) is 0 Å². The van der Waals surface area contributed by atoms with Crippen LogP contribution in [0.3, 0.4) is 0 Å². The Balaban J connectivity index is 1.67. The van der Waals surface area contributed by atoms with Crippen molar-refractivity contribution in [1.29, 1.82) is 0 Å². The molecule has 2 N–H and O–H groups in total. The molecule has 1 aromatic carbocycles. The molecule has 0 atom stereocenters. The SMILES string of the molecule is O=C1NNC(=O)C1CCC(=O)N1CCCc2ccccc21. The second-order valence-corrected chi connectivity index (χ2v) is 5.35. The van der Waals surface area contributed by atoms with Gasteiger partial charge in [-0.2, -0.15) is 0 Å². The van der Waals surface area contributed by atoms with Crippen molar-refractivity contribution in [3.8, 4) is 0 Å². The summed E-state index contributed by atoms with van der Waals surface area (Å²) in [6.07, 6.45) is 2.36. The summed E-state index contributed by atoms with van der Waals surface area (Å²) in [4.78, 5) is 37.1. The zero-order valence-corrected chi connectivity index (χ0v) is 11.6. The second kappa shape index (κ2) is 5.55. The van der Waals surface area contributed by atoms with Crippen LogP contribution in [0.1, 0.15) is 24.8 Å². The highest BCUT2D eigenvalue weighted by atomic mass is 16.2. The zero-order chi connectivity index (χ0) is 14.8. The quantitative estimate of drug-likeness (QED) is 0.796. The van der Waals surface area contributed by atoms with Crippen LogP contribution >= 0.6 is 0 Å². The molecule has 1 fully saturated rings. The van der Waals surface area contributed by atoms with E-state index >= 15 is 0 Å². The average molecular weight is 287 g/mol. The van der Waals surface area contributed by atoms with Crippen molar-refractivity contribution in [3.05, 3.63) is 29.8 Å². The van der Waals surface area contributed by atoms with Gasteiger partial charge in [0.1, 0.15) is 5.92 Å². The number of carbonyl (C=O) groups is 3. The predicted octanol–water partition coefficient (Wildman–Crippen LogP) is 0.523. The highest BCUT2D eigenvalue weighted by Gasteiger charge is 2.33. The molecule has 0 unspecified atom stereocenters. The first-order chi connectivity index (χ1) is 10.2. The number of fused-ring (bicyclic) bond motifs is 1. The molecule has 0 radical (unpaired) electrons. The molecule has 0 saturated carbocycles. The molecular formula is C15H17N3O3. The fraction of sp³-hybridized carbons (Fsp3) is 0.400. The van der Waals surface area contributed by atoms with Gasteiger partial charge in [-0.15, -0.1) is 0 Å². The number of para-hydroxylation sites is 1. The molecule has 6 heteroatoms. The van der Waals surface area contributed by atoms with Gasteiger partial charge in [-0.3, -0.25) is 25.2 Å². The van der Waals surface area contributed by atoms with E-state index in [1.54, 1.807) is 4.90 Å². The first kappa shape index (κ1) is 13.6. The molecule has 0 aromatic heterocycles. The van der Waals surface area contributed by atoms with Crippen molar-refractivity contribution in [1.82, 2.24) is 10.9 Å². The third kappa shape index (κ3) is 2.61. The third-order valence-corrected chi connectivity index (χ3v) is 4.00. The minimum absolute atomic E-state index is 0.0327. The maximum Gasteiger partial charge on any atom is 0.251 e. The minimum atomic E-state index is -0.756. The number of nitrogens with zero attached hydrogens (tertiary/aromatic N) is 1. The maximum atomic E-state index is 12.4. The number of rotatable bonds is 3. The van der Waals surface area contributed by atoms with Crippen molar-refractivity contribution >= 4 is 23.4 Å². The topological polar surface area (TPSA) is 78.5 Å². The summed E-state index contributed by atoms with van der Waals surface area (Å²) in [5.41, 5.74) is 6.68. The van der Waals surface area contributed by atoms with Crippen LogP contribution in [0.4, 0.5) is 5.69 Å². The van der Waals surface area contributed by atoms with Gasteiger partial charge in [0, 0.05) is 18.7 Å². The van der Waals surface area contributed by atoms with E-state index in [4.69, 9.17) is 0 Å². The van der Waals surface area contributed by atoms with Crippen LogP contribution in [0.2, 0.25) is 0 Å². The first-order valence-corrected chi connectivity index (χ1v) is 7.15. The van der Waals surface area contributed by atoms with E-state index in [1.807, 2.05) is 24.3 Å². The summed E-state index contributed by atoms with van der Waals surface area (Å²) in [5, 5.41) is 0. The summed E-state index contributed by atoms with van der Waals surface area (Å²) < 4.78 is 0. The van der Waals surface area contributed by atoms with Gasteiger partial charge in [0.05, 0.1) is 0 Å². The molecule has 0 aliphatic carbocycles. The van der Waals surface area contributed by atoms with Crippen molar-refractivity contribution in [2.24, 2.45) is 5.92 Å². The zero-order valence-electron chi connectivity index (χ0n) is 11.6. The number of hydrazine groups is 1. The predicted molar refractivity (Wildman–Crippen MR) is 76.1 cm³/mol. The Morgan fingerprint density at radius 1 is 1.19 bits per heavy atom. The molecule has 2 aliphatic rings. The summed E-state index contributed by atoms with van der Waals surface area (Å²) >= 11 is 0. The lowest BCUT2D eigenvalue weighted by Gasteiger charge is -2.29. The van der Waals surface area contributed by atoms with Crippen LogP contribution in [0.5, 0.6) is 0 Å². The number of aryl methyl sites for hydroxylation is 1. The van der Waals surface area contributed by atoms with Crippen LogP contribution in [-0.4, -0.2) is 24.3 Å². The van der Waals surface area contributed by atoms with E-state index in [0.29, 0.717) is 6.54 Å². The lowest BCUT2D eigenvalue weighted by atomic mass is 9.99. The molecule has 6 nitrogen and oxygen atoms in total. The maximum absolute atomic E-state index is 12.4. The summed E-state index contributed by atoms with van der Waals surface area (Å²) in [6.45, 7) is 0.693. The third-order valence-electron chi connectivity index (χ3n) is 4.00. The van der Waals surface area contributed by atoms with Crippen LogP contribution in [-0.2, 0) is 20.8 Å². The molecule has 1 saturated heterocycles. The Bertz CT molecular complexity index is 584. The van der Waals surface area contributed by atoms with Crippen molar-refractivity contribution in [2.45, 2.75) is 25.7 Å². The highest BCUT2D eigenvalue weighted by molar-refractivity contribution is 6.05. The molecule has 3 amide bonds. The van der Waals surface area contributed by atoms with Crippen LogP contribution < -0.4 is 15.8 Å². The van der Waals surface area contributed by atoms with Crippen LogP contribution in [0.15, 0.2) is 24.3 Å². The monoisotopic (exact) mass is 287 g/mol. The molecular weight excluding hydrogens is 270 g/mol. The number of carbonyl (C=O) groups excluding carboxylic acids is 3. The summed E-state index contributed by atoms with van der Waals surface area (Å²) in [7, 11) is 0. The highest BCUT2D eigenvalue weighted by Crippen LogP contribution is 2.27. The van der Waals surface area contributed by atoms with Gasteiger partial charge in [0.25, 0.3) is 11.8 Å². The fourth-order valence-electron chi connectivity index (χ4n) is 2.87. The number of hydrogen-bond donors (Lipinski definition) is 2. The van der Waals surface area contributed by atoms with Gasteiger partial charge in [-0.05, 0) is 30.9 Å². The molecule has 2 heterocycles. The summed E-state index contributed by atoms with van der Waals surface area (Å²) in [5.74, 6) is -1.50. The molecule has 110 valence electrons. The van der Waals surface area contributed by atoms with E-state index < -0.39 is 5.92 Å². The Morgan fingerprint density at radius 2 is 1.90 bits per heavy atom. The van der Waals surface area contributed by atoms with Gasteiger partial charge in [-0.25, -0.2) is 0 Å². The Kier molecular flexibility index (Phi) is 3.60. The number of hydrogen-bond acceptors (Lipinski definition) is 3. The average Bonchev–Trinajstić information content (AvgIpc) is 2.83. The van der Waals surface area contributed by atoms with Gasteiger partial charge in [0.15, 0.2) is 0 Å². The standard InChI is InChI=1S/C15H17N3O3/c19-13(8-7-11-14(20)16-17-15(11)21)18-9-3-5-10-4-1-2-6-12(10)18/h1-2,4,6,11H,3,5,7-9H2,(H,16,20)(H,17,21). The first-order valence-electron chi connectivity index (χ1n) is 7.15. The van der Waals surface area contributed by atoms with E-state index in [-0.39, 0.29) is 30.6 Å². The second-order valence-electron chi connectivity index (χ2n) is 5.35. The van der Waals surface area contributed by atoms with Crippen LogP contribution in [0, 0.1) is 5.92 Å². The minimum Gasteiger partial charge on any atom is -0.312 e. The fourth-order valence-corrected chi connectivity index (χ4v) is 2.87. The van der Waals surface area contributed by atoms with E-state index in [2.05, 4.69) is 10.9 Å². The molecule has 2 aliphatic heterocycles. The van der Waals surface area contributed by atoms with Gasteiger partial charge in [0.2, 0.25) is 5.91 Å². The van der Waals surface area contributed by atoms with Gasteiger partial charge >= 0.3 is 0 Å². The molecule has 3 rings (SSSR count). The lowest BCUT2D eigenvalue weighted by molar-refractivity contribution is -0.128. The molecule has 1 aromatic rings. The number of amides is 3. The lowest BCUT2D eigenvalue weighted by Crippen LogP contribution is -2.36.